The summed E-state index contributed by atoms with van der Waals surface area (Å²) in [6.07, 6.45) is 4.68. The molecule has 0 atom stereocenters. The van der Waals surface area contributed by atoms with Crippen LogP contribution in [0.1, 0.15) is 18.9 Å². The number of thiophene rings is 1. The van der Waals surface area contributed by atoms with Crippen molar-refractivity contribution in [1.82, 2.24) is 15.0 Å². The van der Waals surface area contributed by atoms with Gasteiger partial charge in [-0.25, -0.2) is 9.97 Å². The maximum atomic E-state index is 4.69. The SMILES string of the molecule is CCCNc1nc(-c2cnccc2C)nc2sccc12. The van der Waals surface area contributed by atoms with Crippen LogP contribution in [-0.2, 0) is 0 Å². The van der Waals surface area contributed by atoms with Gasteiger partial charge in [0, 0.05) is 24.5 Å². The van der Waals surface area contributed by atoms with E-state index in [0.717, 1.165) is 46.0 Å². The fourth-order valence-corrected chi connectivity index (χ4v) is 2.82. The molecule has 0 aromatic carbocycles. The van der Waals surface area contributed by atoms with E-state index >= 15 is 0 Å². The van der Waals surface area contributed by atoms with E-state index in [1.807, 2.05) is 12.3 Å². The van der Waals surface area contributed by atoms with Crippen LogP contribution < -0.4 is 5.32 Å². The Kier molecular flexibility index (Phi) is 3.60. The molecule has 0 aliphatic rings. The van der Waals surface area contributed by atoms with Crippen molar-refractivity contribution in [2.24, 2.45) is 0 Å². The summed E-state index contributed by atoms with van der Waals surface area (Å²) >= 11 is 1.64. The molecule has 5 heteroatoms. The number of aromatic nitrogens is 3. The van der Waals surface area contributed by atoms with Crippen molar-refractivity contribution in [1.29, 1.82) is 0 Å². The monoisotopic (exact) mass is 284 g/mol. The second-order valence-electron chi connectivity index (χ2n) is 4.65. The van der Waals surface area contributed by atoms with Crippen LogP contribution in [-0.4, -0.2) is 21.5 Å². The number of nitrogens with one attached hydrogen (secondary N) is 1. The smallest absolute Gasteiger partial charge is 0.164 e. The predicted molar refractivity (Wildman–Crippen MR) is 84.2 cm³/mol. The maximum Gasteiger partial charge on any atom is 0.164 e. The highest BCUT2D eigenvalue weighted by Gasteiger charge is 2.11. The lowest BCUT2D eigenvalue weighted by atomic mass is 10.1. The highest BCUT2D eigenvalue weighted by molar-refractivity contribution is 7.16. The molecule has 20 heavy (non-hydrogen) atoms. The summed E-state index contributed by atoms with van der Waals surface area (Å²) in [5, 5.41) is 6.53. The van der Waals surface area contributed by atoms with Crippen LogP contribution in [0.3, 0.4) is 0 Å². The molecule has 4 nitrogen and oxygen atoms in total. The Morgan fingerprint density at radius 3 is 2.95 bits per heavy atom. The molecule has 0 aliphatic heterocycles. The quantitative estimate of drug-likeness (QED) is 0.790. The zero-order valence-corrected chi connectivity index (χ0v) is 12.4. The van der Waals surface area contributed by atoms with Crippen molar-refractivity contribution in [3.63, 3.8) is 0 Å². The van der Waals surface area contributed by atoms with Gasteiger partial charge >= 0.3 is 0 Å². The maximum absolute atomic E-state index is 4.69. The Bertz CT molecular complexity index is 736. The van der Waals surface area contributed by atoms with Crippen molar-refractivity contribution in [2.75, 3.05) is 11.9 Å². The summed E-state index contributed by atoms with van der Waals surface area (Å²) in [4.78, 5) is 14.5. The number of nitrogens with zero attached hydrogens (tertiary/aromatic N) is 3. The number of hydrogen-bond donors (Lipinski definition) is 1. The number of pyridine rings is 1. The molecule has 0 saturated carbocycles. The molecule has 3 rings (SSSR count). The van der Waals surface area contributed by atoms with Gasteiger partial charge in [-0.2, -0.15) is 0 Å². The van der Waals surface area contributed by atoms with Crippen LogP contribution in [0.4, 0.5) is 5.82 Å². The first-order valence-corrected chi connectivity index (χ1v) is 7.57. The van der Waals surface area contributed by atoms with Crippen LogP contribution in [0.15, 0.2) is 29.9 Å². The van der Waals surface area contributed by atoms with Crippen LogP contribution in [0.5, 0.6) is 0 Å². The molecule has 0 fully saturated rings. The Morgan fingerprint density at radius 2 is 2.15 bits per heavy atom. The summed E-state index contributed by atoms with van der Waals surface area (Å²) < 4.78 is 0. The van der Waals surface area contributed by atoms with Gasteiger partial charge in [-0.15, -0.1) is 11.3 Å². The number of aryl methyl sites for hydroxylation is 1. The third-order valence-corrected chi connectivity index (χ3v) is 3.95. The number of anilines is 1. The summed E-state index contributed by atoms with van der Waals surface area (Å²) in [5.74, 6) is 1.65. The Balaban J connectivity index is 2.14. The van der Waals surface area contributed by atoms with Gasteiger partial charge in [-0.05, 0) is 36.4 Å². The van der Waals surface area contributed by atoms with Crippen LogP contribution in [0.25, 0.3) is 21.6 Å². The molecule has 0 amide bonds. The molecule has 0 radical (unpaired) electrons. The number of rotatable bonds is 4. The van der Waals surface area contributed by atoms with Crippen molar-refractivity contribution in [3.05, 3.63) is 35.5 Å². The number of hydrogen-bond acceptors (Lipinski definition) is 5. The van der Waals surface area contributed by atoms with Gasteiger partial charge in [-0.3, -0.25) is 4.98 Å². The fraction of sp³-hybridized carbons (Fsp3) is 0.267. The Morgan fingerprint density at radius 1 is 1.25 bits per heavy atom. The second kappa shape index (κ2) is 5.54. The molecule has 3 aromatic rings. The van der Waals surface area contributed by atoms with Crippen molar-refractivity contribution in [3.8, 4) is 11.4 Å². The minimum atomic E-state index is 0.740. The largest absolute Gasteiger partial charge is 0.369 e. The minimum Gasteiger partial charge on any atom is -0.369 e. The summed E-state index contributed by atoms with van der Waals surface area (Å²) in [5.41, 5.74) is 2.12. The molecule has 102 valence electrons. The molecule has 0 saturated heterocycles. The van der Waals surface area contributed by atoms with E-state index in [4.69, 9.17) is 0 Å². The molecule has 0 spiro atoms. The molecular weight excluding hydrogens is 268 g/mol. The first kappa shape index (κ1) is 13.0. The lowest BCUT2D eigenvalue weighted by Crippen LogP contribution is -2.04. The molecule has 0 aliphatic carbocycles. The van der Waals surface area contributed by atoms with Gasteiger partial charge in [0.1, 0.15) is 10.6 Å². The van der Waals surface area contributed by atoms with Gasteiger partial charge in [0.05, 0.1) is 5.39 Å². The van der Waals surface area contributed by atoms with E-state index in [0.29, 0.717) is 0 Å². The van der Waals surface area contributed by atoms with Crippen molar-refractivity contribution < 1.29 is 0 Å². The predicted octanol–water partition coefficient (Wildman–Crippen LogP) is 3.88. The topological polar surface area (TPSA) is 50.7 Å². The van der Waals surface area contributed by atoms with E-state index in [1.165, 1.54) is 0 Å². The third kappa shape index (κ3) is 2.36. The standard InChI is InChI=1S/C15H16N4S/c1-3-6-17-13-11-5-8-20-15(11)19-14(18-13)12-9-16-7-4-10(12)2/h4-5,7-9H,3,6H2,1-2H3,(H,17,18,19). The first-order chi connectivity index (χ1) is 9.79. The van der Waals surface area contributed by atoms with Gasteiger partial charge < -0.3 is 5.32 Å². The van der Waals surface area contributed by atoms with E-state index in [-0.39, 0.29) is 0 Å². The Labute approximate surface area is 121 Å². The highest BCUT2D eigenvalue weighted by Crippen LogP contribution is 2.29. The van der Waals surface area contributed by atoms with Crippen molar-refractivity contribution in [2.45, 2.75) is 20.3 Å². The molecule has 0 unspecified atom stereocenters. The molecule has 1 N–H and O–H groups in total. The molecule has 0 bridgehead atoms. The first-order valence-electron chi connectivity index (χ1n) is 6.69. The molecular formula is C15H16N4S. The van der Waals surface area contributed by atoms with E-state index in [9.17, 15) is 0 Å². The second-order valence-corrected chi connectivity index (χ2v) is 5.55. The molecule has 3 heterocycles. The summed E-state index contributed by atoms with van der Waals surface area (Å²) in [6, 6.07) is 4.05. The highest BCUT2D eigenvalue weighted by atomic mass is 32.1. The average molecular weight is 284 g/mol. The molecule has 3 aromatic heterocycles. The van der Waals surface area contributed by atoms with Crippen molar-refractivity contribution >= 4 is 27.4 Å². The van der Waals surface area contributed by atoms with E-state index < -0.39 is 0 Å². The van der Waals surface area contributed by atoms with Gasteiger partial charge in [0.25, 0.3) is 0 Å². The van der Waals surface area contributed by atoms with Gasteiger partial charge in [0.2, 0.25) is 0 Å². The summed E-state index contributed by atoms with van der Waals surface area (Å²) in [7, 11) is 0. The van der Waals surface area contributed by atoms with Crippen LogP contribution in [0, 0.1) is 6.92 Å². The summed E-state index contributed by atoms with van der Waals surface area (Å²) in [6.45, 7) is 5.11. The fourth-order valence-electron chi connectivity index (χ4n) is 2.05. The minimum absolute atomic E-state index is 0.740. The number of fused-ring (bicyclic) bond motifs is 1. The lowest BCUT2D eigenvalue weighted by molar-refractivity contribution is 0.970. The van der Waals surface area contributed by atoms with Crippen LogP contribution in [0.2, 0.25) is 0 Å². The van der Waals surface area contributed by atoms with Crippen LogP contribution >= 0.6 is 11.3 Å². The zero-order valence-electron chi connectivity index (χ0n) is 11.6. The third-order valence-electron chi connectivity index (χ3n) is 3.15. The normalized spacial score (nSPS) is 10.9. The van der Waals surface area contributed by atoms with Gasteiger partial charge in [0.15, 0.2) is 5.82 Å². The Hall–Kier alpha value is -2.01. The lowest BCUT2D eigenvalue weighted by Gasteiger charge is -2.09. The van der Waals surface area contributed by atoms with E-state index in [1.54, 1.807) is 17.5 Å². The zero-order chi connectivity index (χ0) is 13.9. The average Bonchev–Trinajstić information content (AvgIpc) is 2.93. The van der Waals surface area contributed by atoms with E-state index in [2.05, 4.69) is 45.6 Å². The van der Waals surface area contributed by atoms with Gasteiger partial charge in [-0.1, -0.05) is 6.92 Å².